The first-order valence-electron chi connectivity index (χ1n) is 12.4. The zero-order valence-electron chi connectivity index (χ0n) is 21.4. The van der Waals surface area contributed by atoms with E-state index < -0.39 is 18.6 Å². The van der Waals surface area contributed by atoms with Crippen LogP contribution in [0.2, 0.25) is 0 Å². The van der Waals surface area contributed by atoms with E-state index >= 15 is 0 Å². The molecule has 0 aromatic heterocycles. The van der Waals surface area contributed by atoms with Gasteiger partial charge in [-0.15, -0.1) is 0 Å². The van der Waals surface area contributed by atoms with Crippen LogP contribution in [0.3, 0.4) is 0 Å². The Morgan fingerprint density at radius 1 is 1.26 bits per heavy atom. The van der Waals surface area contributed by atoms with Gasteiger partial charge in [-0.1, -0.05) is 6.07 Å². The van der Waals surface area contributed by atoms with E-state index in [2.05, 4.69) is 10.6 Å². The molecule has 2 fully saturated rings. The number of nitrogens with one attached hydrogen (secondary N) is 3. The van der Waals surface area contributed by atoms with E-state index in [1.807, 2.05) is 0 Å². The van der Waals surface area contributed by atoms with Crippen molar-refractivity contribution in [2.75, 3.05) is 6.61 Å². The average molecular weight is 524 g/mol. The lowest BCUT2D eigenvalue weighted by atomic mass is 9.53. The van der Waals surface area contributed by atoms with Crippen molar-refractivity contribution in [3.8, 4) is 5.75 Å². The van der Waals surface area contributed by atoms with Crippen LogP contribution in [0, 0.1) is 10.8 Å². The second-order valence-corrected chi connectivity index (χ2v) is 10.8. The Bertz CT molecular complexity index is 1200. The van der Waals surface area contributed by atoms with Gasteiger partial charge in [0.05, 0.1) is 28.5 Å². The molecule has 1 aliphatic heterocycles. The van der Waals surface area contributed by atoms with Crippen LogP contribution in [0.15, 0.2) is 53.6 Å². The van der Waals surface area contributed by atoms with Gasteiger partial charge in [0, 0.05) is 18.5 Å². The third kappa shape index (κ3) is 6.26. The van der Waals surface area contributed by atoms with Crippen molar-refractivity contribution in [2.45, 2.75) is 57.3 Å². The minimum Gasteiger partial charge on any atom is -0.490 e. The van der Waals surface area contributed by atoms with Gasteiger partial charge in [0.1, 0.15) is 18.1 Å². The standard InChI is InChI=1S/C26H33BN4O7/c1-25(2,34)14-37-17-4-6-21(30-13-17)20(12-28)24(33)31-16-8-26(9-16)10-18(11-26)38-22-7-15(27(35)36)3-5-19(22)23(29)32/h3-7,12-13,16,18,28,30,34-36H,8-11,14H2,1-2H3,(H2,29,32)(H,31,33)/b21-20+,28-12?. The predicted molar refractivity (Wildman–Crippen MR) is 140 cm³/mol. The lowest BCUT2D eigenvalue weighted by Crippen LogP contribution is -2.59. The lowest BCUT2D eigenvalue weighted by Gasteiger charge is -2.57. The molecular weight excluding hydrogens is 491 g/mol. The Morgan fingerprint density at radius 3 is 2.53 bits per heavy atom. The second kappa shape index (κ2) is 10.6. The minimum atomic E-state index is -1.69. The Labute approximate surface area is 221 Å². The quantitative estimate of drug-likeness (QED) is 0.126. The van der Waals surface area contributed by atoms with E-state index in [1.165, 1.54) is 18.2 Å². The molecule has 8 N–H and O–H groups in total. The van der Waals surface area contributed by atoms with Gasteiger partial charge in [-0.2, -0.15) is 0 Å². The molecule has 2 amide bonds. The Kier molecular flexibility index (Phi) is 7.68. The number of amides is 2. The molecule has 3 aliphatic rings. The summed E-state index contributed by atoms with van der Waals surface area (Å²) in [6, 6.07) is 4.22. The summed E-state index contributed by atoms with van der Waals surface area (Å²) in [5.41, 5.74) is 5.54. The van der Waals surface area contributed by atoms with E-state index in [0.29, 0.717) is 11.5 Å². The number of ether oxygens (including phenoxy) is 2. The monoisotopic (exact) mass is 524 g/mol. The summed E-state index contributed by atoms with van der Waals surface area (Å²) in [4.78, 5) is 24.6. The van der Waals surface area contributed by atoms with Crippen LogP contribution in [-0.2, 0) is 9.53 Å². The first-order valence-corrected chi connectivity index (χ1v) is 12.4. The molecule has 0 radical (unpaired) electrons. The fraction of sp³-hybridized carbons (Fsp3) is 0.423. The molecule has 1 aromatic rings. The highest BCUT2D eigenvalue weighted by molar-refractivity contribution is 6.58. The molecule has 4 rings (SSSR count). The number of rotatable bonds is 10. The zero-order chi connectivity index (χ0) is 27.7. The summed E-state index contributed by atoms with van der Waals surface area (Å²) >= 11 is 0. The summed E-state index contributed by atoms with van der Waals surface area (Å²) in [7, 11) is -1.69. The van der Waals surface area contributed by atoms with Crippen molar-refractivity contribution in [1.29, 1.82) is 5.41 Å². The fourth-order valence-corrected chi connectivity index (χ4v) is 5.05. The maximum atomic E-state index is 12.8. The number of carbonyl (C=O) groups is 2. The van der Waals surface area contributed by atoms with E-state index in [1.54, 1.807) is 32.2 Å². The molecule has 38 heavy (non-hydrogen) atoms. The van der Waals surface area contributed by atoms with Crippen LogP contribution in [0.4, 0.5) is 0 Å². The van der Waals surface area contributed by atoms with Crippen molar-refractivity contribution < 1.29 is 34.2 Å². The highest BCUT2D eigenvalue weighted by Gasteiger charge is 2.54. The molecule has 2 aliphatic carbocycles. The number of hydrogen-bond donors (Lipinski definition) is 7. The second-order valence-electron chi connectivity index (χ2n) is 10.8. The van der Waals surface area contributed by atoms with E-state index in [4.69, 9.17) is 20.6 Å². The maximum absolute atomic E-state index is 12.8. The number of hydrogen-bond acceptors (Lipinski definition) is 9. The molecule has 0 saturated heterocycles. The van der Waals surface area contributed by atoms with Crippen molar-refractivity contribution in [3.63, 3.8) is 0 Å². The highest BCUT2D eigenvalue weighted by atomic mass is 16.5. The maximum Gasteiger partial charge on any atom is 0.488 e. The summed E-state index contributed by atoms with van der Waals surface area (Å²) < 4.78 is 11.5. The van der Waals surface area contributed by atoms with Crippen molar-refractivity contribution in [3.05, 3.63) is 59.1 Å². The molecule has 0 atom stereocenters. The fourth-order valence-electron chi connectivity index (χ4n) is 5.05. The number of nitrogens with two attached hydrogens (primary N) is 1. The topological polar surface area (TPSA) is 187 Å². The third-order valence-corrected chi connectivity index (χ3v) is 6.93. The summed E-state index contributed by atoms with van der Waals surface area (Å²) in [6.45, 7) is 3.39. The Hall–Kier alpha value is -3.61. The molecular formula is C26H33BN4O7. The van der Waals surface area contributed by atoms with E-state index in [-0.39, 0.29) is 52.4 Å². The minimum absolute atomic E-state index is 0.0261. The molecule has 1 aromatic carbocycles. The van der Waals surface area contributed by atoms with Gasteiger partial charge in [0.25, 0.3) is 11.8 Å². The van der Waals surface area contributed by atoms with Gasteiger partial charge in [-0.3, -0.25) is 9.59 Å². The van der Waals surface area contributed by atoms with Crippen LogP contribution in [0.1, 0.15) is 49.9 Å². The molecule has 2 saturated carbocycles. The summed E-state index contributed by atoms with van der Waals surface area (Å²) in [6.07, 6.45) is 8.79. The van der Waals surface area contributed by atoms with E-state index in [0.717, 1.165) is 31.9 Å². The number of aliphatic hydroxyl groups is 1. The number of dihydropyridines is 1. The van der Waals surface area contributed by atoms with Crippen molar-refractivity contribution in [2.24, 2.45) is 11.1 Å². The molecule has 202 valence electrons. The first kappa shape index (κ1) is 27.4. The number of benzene rings is 1. The van der Waals surface area contributed by atoms with Crippen LogP contribution >= 0.6 is 0 Å². The van der Waals surface area contributed by atoms with Crippen LogP contribution in [-0.4, -0.2) is 64.7 Å². The number of allylic oxidation sites excluding steroid dienone is 2. The zero-order valence-corrected chi connectivity index (χ0v) is 21.4. The van der Waals surface area contributed by atoms with E-state index in [9.17, 15) is 24.7 Å². The van der Waals surface area contributed by atoms with Crippen LogP contribution in [0.5, 0.6) is 5.75 Å². The van der Waals surface area contributed by atoms with Crippen LogP contribution < -0.4 is 26.6 Å². The van der Waals surface area contributed by atoms with Gasteiger partial charge < -0.3 is 46.4 Å². The van der Waals surface area contributed by atoms with Crippen LogP contribution in [0.25, 0.3) is 0 Å². The van der Waals surface area contributed by atoms with Crippen molar-refractivity contribution >= 4 is 30.6 Å². The van der Waals surface area contributed by atoms with Gasteiger partial charge in [0.15, 0.2) is 0 Å². The average Bonchev–Trinajstić information content (AvgIpc) is 2.80. The Balaban J connectivity index is 1.27. The predicted octanol–water partition coefficient (Wildman–Crippen LogP) is -0.0365. The van der Waals surface area contributed by atoms with Crippen molar-refractivity contribution in [1.82, 2.24) is 10.6 Å². The molecule has 1 spiro atoms. The highest BCUT2D eigenvalue weighted by Crippen LogP contribution is 2.56. The Morgan fingerprint density at radius 2 is 1.97 bits per heavy atom. The summed E-state index contributed by atoms with van der Waals surface area (Å²) in [5, 5.41) is 42.3. The molecule has 12 heteroatoms. The van der Waals surface area contributed by atoms with Gasteiger partial charge >= 0.3 is 7.12 Å². The molecule has 1 heterocycles. The van der Waals surface area contributed by atoms with Gasteiger partial charge in [-0.05, 0) is 74.7 Å². The molecule has 11 nitrogen and oxygen atoms in total. The summed E-state index contributed by atoms with van der Waals surface area (Å²) in [5.74, 6) is -0.277. The largest absolute Gasteiger partial charge is 0.490 e. The smallest absolute Gasteiger partial charge is 0.488 e. The first-order chi connectivity index (χ1) is 17.9. The number of primary amides is 1. The normalized spacial score (nSPS) is 25.2. The molecule has 0 unspecified atom stereocenters. The lowest BCUT2D eigenvalue weighted by molar-refractivity contribution is -0.123. The van der Waals surface area contributed by atoms with Gasteiger partial charge in [-0.25, -0.2) is 0 Å². The van der Waals surface area contributed by atoms with Gasteiger partial charge in [0.2, 0.25) is 0 Å². The molecule has 0 bridgehead atoms. The SMILES string of the molecule is CC(C)(O)COC1=CN/C(=C(\C=N)C(=O)NC2CC3(C2)CC(Oc2cc(B(O)O)ccc2C(N)=O)C3)C=C1. The number of carbonyl (C=O) groups excluding carboxylic acids is 2. The third-order valence-electron chi connectivity index (χ3n) is 6.93.